The Hall–Kier alpha value is -0.700. The number of ether oxygens (including phenoxy) is 1. The number of methoxy groups -OCH3 is 1. The summed E-state index contributed by atoms with van der Waals surface area (Å²) in [6.45, 7) is 3.12. The van der Waals surface area contributed by atoms with Crippen molar-refractivity contribution >= 4 is 16.2 Å². The van der Waals surface area contributed by atoms with Crippen LogP contribution >= 0.6 is 0 Å². The fraction of sp³-hybridized carbons (Fsp3) is 0.875. The molecule has 8 heteroatoms. The Kier molecular flexibility index (Phi) is 5.87. The van der Waals surface area contributed by atoms with Gasteiger partial charge in [0.25, 0.3) is 10.2 Å². The van der Waals surface area contributed by atoms with E-state index in [1.165, 1.54) is 14.2 Å². The van der Waals surface area contributed by atoms with Crippen molar-refractivity contribution in [2.24, 2.45) is 0 Å². The maximum Gasteiger partial charge on any atom is 0.334 e. The Balaban J connectivity index is 4.45. The molecule has 0 aromatic carbocycles. The Morgan fingerprint density at radius 3 is 2.31 bits per heavy atom. The van der Waals surface area contributed by atoms with Crippen molar-refractivity contribution in [1.29, 1.82) is 0 Å². The summed E-state index contributed by atoms with van der Waals surface area (Å²) >= 11 is 0. The molecule has 0 aliphatic rings. The average molecular weight is 254 g/mol. The molecule has 0 aromatic heterocycles. The van der Waals surface area contributed by atoms with Gasteiger partial charge in [0.15, 0.2) is 6.10 Å². The van der Waals surface area contributed by atoms with Gasteiger partial charge in [-0.25, -0.2) is 4.79 Å². The van der Waals surface area contributed by atoms with Crippen LogP contribution in [-0.4, -0.2) is 56.6 Å². The summed E-state index contributed by atoms with van der Waals surface area (Å²) < 4.78 is 31.0. The SMILES string of the molecule is COC(CNS(=O)(=O)N(C)C(C)C)C(=O)O. The predicted molar refractivity (Wildman–Crippen MR) is 58.3 cm³/mol. The zero-order valence-electron chi connectivity index (χ0n) is 9.80. The van der Waals surface area contributed by atoms with Gasteiger partial charge in [0.2, 0.25) is 0 Å². The number of hydrogen-bond donors (Lipinski definition) is 2. The van der Waals surface area contributed by atoms with Crippen molar-refractivity contribution in [3.8, 4) is 0 Å². The normalized spacial score (nSPS) is 14.4. The van der Waals surface area contributed by atoms with E-state index in [4.69, 9.17) is 5.11 Å². The van der Waals surface area contributed by atoms with Gasteiger partial charge < -0.3 is 9.84 Å². The van der Waals surface area contributed by atoms with E-state index in [2.05, 4.69) is 9.46 Å². The van der Waals surface area contributed by atoms with Gasteiger partial charge in [-0.3, -0.25) is 0 Å². The fourth-order valence-corrected chi connectivity index (χ4v) is 1.95. The third-order valence-electron chi connectivity index (χ3n) is 2.12. The largest absolute Gasteiger partial charge is 0.479 e. The monoisotopic (exact) mass is 254 g/mol. The van der Waals surface area contributed by atoms with E-state index in [0.29, 0.717) is 0 Å². The molecule has 0 rings (SSSR count). The molecule has 16 heavy (non-hydrogen) atoms. The maximum absolute atomic E-state index is 11.6. The molecule has 0 aliphatic heterocycles. The van der Waals surface area contributed by atoms with Gasteiger partial charge in [0.1, 0.15) is 0 Å². The number of nitrogens with zero attached hydrogens (tertiary/aromatic N) is 1. The first kappa shape index (κ1) is 15.3. The number of aliphatic carboxylic acids is 1. The lowest BCUT2D eigenvalue weighted by molar-refractivity contribution is -0.147. The Morgan fingerprint density at radius 2 is 2.00 bits per heavy atom. The summed E-state index contributed by atoms with van der Waals surface area (Å²) in [6.07, 6.45) is -1.18. The highest BCUT2D eigenvalue weighted by Gasteiger charge is 2.24. The molecule has 96 valence electrons. The second-order valence-electron chi connectivity index (χ2n) is 3.53. The van der Waals surface area contributed by atoms with Gasteiger partial charge in [-0.2, -0.15) is 17.4 Å². The number of carbonyl (C=O) groups is 1. The van der Waals surface area contributed by atoms with Crippen molar-refractivity contribution in [3.63, 3.8) is 0 Å². The molecule has 0 spiro atoms. The van der Waals surface area contributed by atoms with Gasteiger partial charge in [0, 0.05) is 26.7 Å². The second kappa shape index (κ2) is 6.14. The zero-order valence-corrected chi connectivity index (χ0v) is 10.6. The lowest BCUT2D eigenvalue weighted by Crippen LogP contribution is -2.46. The molecule has 0 aromatic rings. The van der Waals surface area contributed by atoms with E-state index in [-0.39, 0.29) is 12.6 Å². The lowest BCUT2D eigenvalue weighted by Gasteiger charge is -2.22. The van der Waals surface area contributed by atoms with Crippen molar-refractivity contribution in [2.75, 3.05) is 20.7 Å². The molecule has 1 atom stereocenters. The van der Waals surface area contributed by atoms with Crippen LogP contribution in [0.25, 0.3) is 0 Å². The predicted octanol–water partition coefficient (Wildman–Crippen LogP) is -0.739. The number of rotatable bonds is 7. The Morgan fingerprint density at radius 1 is 1.50 bits per heavy atom. The smallest absolute Gasteiger partial charge is 0.334 e. The van der Waals surface area contributed by atoms with E-state index >= 15 is 0 Å². The lowest BCUT2D eigenvalue weighted by atomic mass is 10.4. The first-order chi connectivity index (χ1) is 7.22. The van der Waals surface area contributed by atoms with Crippen LogP contribution in [0.1, 0.15) is 13.8 Å². The highest BCUT2D eigenvalue weighted by atomic mass is 32.2. The van der Waals surface area contributed by atoms with Gasteiger partial charge in [0.05, 0.1) is 0 Å². The number of carboxylic acid groups (broad SMARTS) is 1. The first-order valence-electron chi connectivity index (χ1n) is 4.70. The van der Waals surface area contributed by atoms with Crippen molar-refractivity contribution in [1.82, 2.24) is 9.03 Å². The minimum Gasteiger partial charge on any atom is -0.479 e. The Bertz CT molecular complexity index is 327. The third kappa shape index (κ3) is 4.44. The van der Waals surface area contributed by atoms with E-state index < -0.39 is 22.3 Å². The molecule has 0 bridgehead atoms. The minimum atomic E-state index is -3.66. The summed E-state index contributed by atoms with van der Waals surface area (Å²) in [6, 6.07) is -0.205. The molecule has 0 amide bonds. The highest BCUT2D eigenvalue weighted by Crippen LogP contribution is 2.01. The number of carboxylic acids is 1. The third-order valence-corrected chi connectivity index (χ3v) is 3.83. The maximum atomic E-state index is 11.6. The standard InChI is InChI=1S/C8H18N2O5S/c1-6(2)10(3)16(13,14)9-5-7(15-4)8(11)12/h6-7,9H,5H2,1-4H3,(H,11,12). The molecule has 0 fully saturated rings. The summed E-state index contributed by atoms with van der Waals surface area (Å²) in [7, 11) is -1.04. The molecule has 7 nitrogen and oxygen atoms in total. The van der Waals surface area contributed by atoms with Gasteiger partial charge in [-0.15, -0.1) is 0 Å². The molecular formula is C8H18N2O5S. The van der Waals surface area contributed by atoms with Crippen LogP contribution in [0.5, 0.6) is 0 Å². The molecule has 0 saturated carbocycles. The van der Waals surface area contributed by atoms with Gasteiger partial charge >= 0.3 is 5.97 Å². The molecule has 2 N–H and O–H groups in total. The molecule has 0 radical (unpaired) electrons. The average Bonchev–Trinajstić information content (AvgIpc) is 2.16. The van der Waals surface area contributed by atoms with E-state index in [9.17, 15) is 13.2 Å². The summed E-state index contributed by atoms with van der Waals surface area (Å²) in [5.74, 6) is -1.21. The van der Waals surface area contributed by atoms with Crippen LogP contribution in [0.15, 0.2) is 0 Å². The van der Waals surface area contributed by atoms with E-state index in [1.54, 1.807) is 13.8 Å². The quantitative estimate of drug-likeness (QED) is 0.624. The topological polar surface area (TPSA) is 95.9 Å². The van der Waals surface area contributed by atoms with Crippen molar-refractivity contribution in [3.05, 3.63) is 0 Å². The van der Waals surface area contributed by atoms with E-state index in [0.717, 1.165) is 4.31 Å². The van der Waals surface area contributed by atoms with Crippen molar-refractivity contribution in [2.45, 2.75) is 26.0 Å². The molecule has 0 saturated heterocycles. The van der Waals surface area contributed by atoms with Crippen LogP contribution in [0.4, 0.5) is 0 Å². The minimum absolute atomic E-state index is 0.205. The molecule has 0 heterocycles. The highest BCUT2D eigenvalue weighted by molar-refractivity contribution is 7.87. The van der Waals surface area contributed by atoms with E-state index in [1.807, 2.05) is 0 Å². The Labute approximate surface area is 95.6 Å². The second-order valence-corrected chi connectivity index (χ2v) is 5.34. The molecule has 1 unspecified atom stereocenters. The van der Waals surface area contributed by atoms with Crippen LogP contribution in [0.2, 0.25) is 0 Å². The van der Waals surface area contributed by atoms with Gasteiger partial charge in [-0.1, -0.05) is 0 Å². The fourth-order valence-electron chi connectivity index (χ4n) is 0.832. The molecular weight excluding hydrogens is 236 g/mol. The summed E-state index contributed by atoms with van der Waals surface area (Å²) in [5.41, 5.74) is 0. The van der Waals surface area contributed by atoms with Crippen LogP contribution in [0, 0.1) is 0 Å². The van der Waals surface area contributed by atoms with Crippen molar-refractivity contribution < 1.29 is 23.1 Å². The van der Waals surface area contributed by atoms with Gasteiger partial charge in [-0.05, 0) is 13.8 Å². The number of hydrogen-bond acceptors (Lipinski definition) is 4. The summed E-state index contributed by atoms with van der Waals surface area (Å²) in [4.78, 5) is 10.6. The first-order valence-corrected chi connectivity index (χ1v) is 6.14. The number of nitrogens with one attached hydrogen (secondary N) is 1. The van der Waals surface area contributed by atoms with Crippen LogP contribution in [0.3, 0.4) is 0 Å². The van der Waals surface area contributed by atoms with Crippen LogP contribution < -0.4 is 4.72 Å². The molecule has 0 aliphatic carbocycles. The van der Waals surface area contributed by atoms with Crippen LogP contribution in [-0.2, 0) is 19.7 Å². The summed E-state index contributed by atoms with van der Waals surface area (Å²) in [5, 5.41) is 8.64. The zero-order chi connectivity index (χ0) is 12.9.